The molecule has 1 heterocycles. The summed E-state index contributed by atoms with van der Waals surface area (Å²) in [6.45, 7) is 6.88. The van der Waals surface area contributed by atoms with E-state index in [-0.39, 0.29) is 10.4 Å². The van der Waals surface area contributed by atoms with Crippen LogP contribution in [-0.2, 0) is 6.54 Å². The number of hydrogen-bond acceptors (Lipinski definition) is 4. The number of nitrogens with zero attached hydrogens (tertiary/aromatic N) is 2. The van der Waals surface area contributed by atoms with Crippen molar-refractivity contribution in [3.63, 3.8) is 0 Å². The van der Waals surface area contributed by atoms with E-state index in [1.54, 1.807) is 12.4 Å². The summed E-state index contributed by atoms with van der Waals surface area (Å²) in [5.74, 6) is -0.964. The van der Waals surface area contributed by atoms with Gasteiger partial charge < -0.3 is 5.32 Å². The highest BCUT2D eigenvalue weighted by atomic mass is 32.2. The molecule has 0 saturated carbocycles. The number of hydrogen-bond donors (Lipinski definition) is 1. The molecule has 0 aliphatic rings. The highest BCUT2D eigenvalue weighted by Crippen LogP contribution is 2.27. The smallest absolute Gasteiger partial charge is 0.192 e. The van der Waals surface area contributed by atoms with Gasteiger partial charge in [0.15, 0.2) is 5.16 Å². The molecule has 0 saturated heterocycles. The van der Waals surface area contributed by atoms with Crippen molar-refractivity contribution in [2.45, 2.75) is 42.9 Å². The molecule has 1 aromatic heterocycles. The third-order valence-electron chi connectivity index (χ3n) is 2.60. The topological polar surface area (TPSA) is 37.8 Å². The van der Waals surface area contributed by atoms with Gasteiger partial charge >= 0.3 is 0 Å². The fraction of sp³-hybridized carbons (Fsp3) is 0.333. The van der Waals surface area contributed by atoms with E-state index in [1.807, 2.05) is 0 Å². The van der Waals surface area contributed by atoms with E-state index >= 15 is 0 Å². The average Bonchev–Trinajstić information content (AvgIpc) is 2.41. The fourth-order valence-corrected chi connectivity index (χ4v) is 2.25. The quantitative estimate of drug-likeness (QED) is 0.872. The molecule has 0 atom stereocenters. The van der Waals surface area contributed by atoms with Crippen molar-refractivity contribution >= 4 is 11.8 Å². The van der Waals surface area contributed by atoms with Crippen molar-refractivity contribution in [1.29, 1.82) is 0 Å². The normalized spacial score (nSPS) is 11.7. The summed E-state index contributed by atoms with van der Waals surface area (Å²) < 4.78 is 26.6. The first kappa shape index (κ1) is 15.9. The van der Waals surface area contributed by atoms with Crippen LogP contribution in [0.4, 0.5) is 8.78 Å². The van der Waals surface area contributed by atoms with Gasteiger partial charge in [0, 0.05) is 30.0 Å². The summed E-state index contributed by atoms with van der Waals surface area (Å²) in [5.41, 5.74) is 0.951. The largest absolute Gasteiger partial charge is 0.308 e. The Balaban J connectivity index is 2.04. The van der Waals surface area contributed by atoms with Crippen molar-refractivity contribution in [3.8, 4) is 0 Å². The molecular formula is C15H17F2N3S. The van der Waals surface area contributed by atoms with Gasteiger partial charge in [-0.1, -0.05) is 0 Å². The molecule has 1 N–H and O–H groups in total. The number of benzene rings is 1. The predicted octanol–water partition coefficient (Wildman–Crippen LogP) is 3.79. The van der Waals surface area contributed by atoms with Crippen LogP contribution in [0.2, 0.25) is 0 Å². The van der Waals surface area contributed by atoms with Crippen LogP contribution < -0.4 is 5.32 Å². The Kier molecular flexibility index (Phi) is 4.90. The average molecular weight is 309 g/mol. The van der Waals surface area contributed by atoms with Crippen molar-refractivity contribution in [1.82, 2.24) is 15.3 Å². The van der Waals surface area contributed by atoms with Gasteiger partial charge in [0.1, 0.15) is 11.6 Å². The minimum atomic E-state index is -0.483. The second-order valence-corrected chi connectivity index (χ2v) is 6.66. The van der Waals surface area contributed by atoms with E-state index in [9.17, 15) is 8.78 Å². The Labute approximate surface area is 127 Å². The van der Waals surface area contributed by atoms with Crippen LogP contribution in [0.15, 0.2) is 40.6 Å². The van der Waals surface area contributed by atoms with Gasteiger partial charge in [-0.05, 0) is 50.7 Å². The van der Waals surface area contributed by atoms with Gasteiger partial charge in [-0.2, -0.15) is 0 Å². The molecule has 21 heavy (non-hydrogen) atoms. The summed E-state index contributed by atoms with van der Waals surface area (Å²) in [5, 5.41) is 3.72. The lowest BCUT2D eigenvalue weighted by Crippen LogP contribution is -2.35. The van der Waals surface area contributed by atoms with Crippen LogP contribution in [0.25, 0.3) is 0 Å². The lowest BCUT2D eigenvalue weighted by atomic mass is 10.1. The van der Waals surface area contributed by atoms with Crippen molar-refractivity contribution < 1.29 is 8.78 Å². The van der Waals surface area contributed by atoms with E-state index in [0.29, 0.717) is 11.7 Å². The van der Waals surface area contributed by atoms with Crippen LogP contribution in [0.1, 0.15) is 26.3 Å². The molecule has 0 spiro atoms. The molecule has 0 aliphatic heterocycles. The molecule has 0 unspecified atom stereocenters. The molecule has 0 amide bonds. The Bertz CT molecular complexity index is 609. The van der Waals surface area contributed by atoms with E-state index in [2.05, 4.69) is 36.1 Å². The Morgan fingerprint density at radius 2 is 1.81 bits per heavy atom. The maximum atomic E-state index is 13.5. The van der Waals surface area contributed by atoms with Crippen LogP contribution in [-0.4, -0.2) is 15.5 Å². The Morgan fingerprint density at radius 3 is 2.43 bits per heavy atom. The zero-order chi connectivity index (χ0) is 15.5. The highest BCUT2D eigenvalue weighted by molar-refractivity contribution is 7.99. The highest BCUT2D eigenvalue weighted by Gasteiger charge is 2.10. The zero-order valence-electron chi connectivity index (χ0n) is 12.2. The van der Waals surface area contributed by atoms with Crippen molar-refractivity contribution in [3.05, 3.63) is 47.8 Å². The standard InChI is InChI=1S/C15H17F2N3S/c1-15(2,3)20-9-10-7-18-14(19-8-10)21-13-6-11(16)4-5-12(13)17/h4-8,20H,9H2,1-3H3. The molecule has 0 aliphatic carbocycles. The van der Waals surface area contributed by atoms with Crippen LogP contribution in [0.5, 0.6) is 0 Å². The Hall–Kier alpha value is -1.53. The summed E-state index contributed by atoms with van der Waals surface area (Å²) in [7, 11) is 0. The van der Waals surface area contributed by atoms with Crippen LogP contribution >= 0.6 is 11.8 Å². The first-order valence-electron chi connectivity index (χ1n) is 6.52. The number of halogens is 2. The summed E-state index contributed by atoms with van der Waals surface area (Å²) in [6, 6.07) is 3.32. The fourth-order valence-electron chi connectivity index (χ4n) is 1.51. The van der Waals surface area contributed by atoms with E-state index in [4.69, 9.17) is 0 Å². The van der Waals surface area contributed by atoms with E-state index in [1.165, 1.54) is 0 Å². The zero-order valence-corrected chi connectivity index (χ0v) is 13.0. The molecule has 0 fully saturated rings. The number of nitrogens with one attached hydrogen (secondary N) is 1. The second kappa shape index (κ2) is 6.49. The molecule has 2 rings (SSSR count). The predicted molar refractivity (Wildman–Crippen MR) is 79.1 cm³/mol. The van der Waals surface area contributed by atoms with Gasteiger partial charge in [0.25, 0.3) is 0 Å². The minimum absolute atomic E-state index is 0.0120. The third-order valence-corrected chi connectivity index (χ3v) is 3.53. The van der Waals surface area contributed by atoms with Gasteiger partial charge in [0.05, 0.1) is 4.90 Å². The summed E-state index contributed by atoms with van der Waals surface area (Å²) >= 11 is 1.00. The van der Waals surface area contributed by atoms with Gasteiger partial charge in [-0.3, -0.25) is 0 Å². The van der Waals surface area contributed by atoms with Gasteiger partial charge in [-0.25, -0.2) is 18.7 Å². The molecular weight excluding hydrogens is 292 g/mol. The second-order valence-electron chi connectivity index (χ2n) is 5.65. The maximum absolute atomic E-state index is 13.5. The molecule has 2 aromatic rings. The molecule has 0 radical (unpaired) electrons. The van der Waals surface area contributed by atoms with E-state index in [0.717, 1.165) is 35.5 Å². The molecule has 6 heteroatoms. The minimum Gasteiger partial charge on any atom is -0.308 e. The number of rotatable bonds is 4. The molecule has 3 nitrogen and oxygen atoms in total. The maximum Gasteiger partial charge on any atom is 0.192 e. The number of aromatic nitrogens is 2. The molecule has 0 bridgehead atoms. The first-order chi connectivity index (χ1) is 9.83. The van der Waals surface area contributed by atoms with Crippen LogP contribution in [0.3, 0.4) is 0 Å². The third kappa shape index (κ3) is 5.06. The summed E-state index contributed by atoms with van der Waals surface area (Å²) in [6.07, 6.45) is 3.37. The van der Waals surface area contributed by atoms with Crippen molar-refractivity contribution in [2.24, 2.45) is 0 Å². The van der Waals surface area contributed by atoms with Crippen molar-refractivity contribution in [2.75, 3.05) is 0 Å². The van der Waals surface area contributed by atoms with E-state index < -0.39 is 11.6 Å². The SMILES string of the molecule is CC(C)(C)NCc1cnc(Sc2cc(F)ccc2F)nc1. The molecule has 1 aromatic carbocycles. The molecule has 112 valence electrons. The summed E-state index contributed by atoms with van der Waals surface area (Å²) in [4.78, 5) is 8.51. The van der Waals surface area contributed by atoms with Gasteiger partial charge in [0.2, 0.25) is 0 Å². The Morgan fingerprint density at radius 1 is 1.14 bits per heavy atom. The lowest BCUT2D eigenvalue weighted by molar-refractivity contribution is 0.423. The monoisotopic (exact) mass is 309 g/mol. The van der Waals surface area contributed by atoms with Gasteiger partial charge in [-0.15, -0.1) is 0 Å². The lowest BCUT2D eigenvalue weighted by Gasteiger charge is -2.20. The first-order valence-corrected chi connectivity index (χ1v) is 7.34. The van der Waals surface area contributed by atoms with Crippen LogP contribution in [0, 0.1) is 11.6 Å².